The van der Waals surface area contributed by atoms with Crippen LogP contribution in [0.15, 0.2) is 30.3 Å². The summed E-state index contributed by atoms with van der Waals surface area (Å²) in [4.78, 5) is 25.2. The van der Waals surface area contributed by atoms with Crippen molar-refractivity contribution in [2.75, 3.05) is 0 Å². The summed E-state index contributed by atoms with van der Waals surface area (Å²) in [6.45, 7) is 1.86. The second kappa shape index (κ2) is 5.52. The van der Waals surface area contributed by atoms with Crippen molar-refractivity contribution < 1.29 is 24.9 Å². The number of ketones is 2. The Hall–Kier alpha value is -2.66. The lowest BCUT2D eigenvalue weighted by molar-refractivity contribution is 0.0972. The van der Waals surface area contributed by atoms with E-state index in [0.717, 1.165) is 6.07 Å². The summed E-state index contributed by atoms with van der Waals surface area (Å²) in [6.07, 6.45) is 0.00912. The molecule has 0 heterocycles. The lowest BCUT2D eigenvalue weighted by Gasteiger charge is -2.22. The molecule has 0 spiro atoms. The molecule has 1 aliphatic carbocycles. The molecule has 1 unspecified atom stereocenters. The van der Waals surface area contributed by atoms with Crippen LogP contribution in [0, 0.1) is 0 Å². The van der Waals surface area contributed by atoms with Crippen LogP contribution < -0.4 is 0 Å². The van der Waals surface area contributed by atoms with Crippen molar-refractivity contribution in [3.8, 4) is 11.5 Å². The zero-order chi connectivity index (χ0) is 16.7. The third kappa shape index (κ3) is 2.21. The molecule has 0 saturated heterocycles. The van der Waals surface area contributed by atoms with Crippen LogP contribution in [0.2, 0.25) is 0 Å². The number of aliphatic hydroxyl groups excluding tert-OH is 1. The molecule has 5 nitrogen and oxygen atoms in total. The minimum atomic E-state index is -1.02. The van der Waals surface area contributed by atoms with Crippen LogP contribution in [0.3, 0.4) is 0 Å². The third-order valence-electron chi connectivity index (χ3n) is 4.10. The molecule has 5 heteroatoms. The van der Waals surface area contributed by atoms with E-state index in [9.17, 15) is 24.9 Å². The van der Waals surface area contributed by atoms with Crippen LogP contribution in [-0.2, 0) is 0 Å². The fourth-order valence-corrected chi connectivity index (χ4v) is 2.96. The molecule has 2 aromatic carbocycles. The van der Waals surface area contributed by atoms with E-state index < -0.39 is 29.2 Å². The van der Waals surface area contributed by atoms with Gasteiger partial charge in [-0.1, -0.05) is 37.6 Å². The number of hydrogen-bond acceptors (Lipinski definition) is 5. The Morgan fingerprint density at radius 3 is 2.13 bits per heavy atom. The van der Waals surface area contributed by atoms with Crippen LogP contribution >= 0.6 is 0 Å². The maximum Gasteiger partial charge on any atom is 0.198 e. The van der Waals surface area contributed by atoms with Crippen LogP contribution in [0.25, 0.3) is 0 Å². The molecule has 1 aliphatic rings. The minimum absolute atomic E-state index is 0.0589. The van der Waals surface area contributed by atoms with E-state index in [1.807, 2.05) is 6.92 Å². The number of carbonyl (C=O) groups is 2. The molecule has 118 valence electrons. The third-order valence-corrected chi connectivity index (χ3v) is 4.10. The van der Waals surface area contributed by atoms with Gasteiger partial charge in [-0.25, -0.2) is 0 Å². The Balaban J connectivity index is 2.27. The first-order valence-electron chi connectivity index (χ1n) is 7.42. The molecule has 0 saturated carbocycles. The number of rotatable bonds is 3. The first kappa shape index (κ1) is 15.2. The molecular formula is C18H16O5. The number of carbonyl (C=O) groups excluding carboxylic acids is 2. The fourth-order valence-electron chi connectivity index (χ4n) is 2.96. The fraction of sp³-hybridized carbons (Fsp3) is 0.222. The minimum Gasteiger partial charge on any atom is -0.507 e. The Kier molecular flexibility index (Phi) is 3.66. The smallest absolute Gasteiger partial charge is 0.198 e. The zero-order valence-electron chi connectivity index (χ0n) is 12.5. The van der Waals surface area contributed by atoms with E-state index in [1.165, 1.54) is 12.1 Å². The second-order valence-electron chi connectivity index (χ2n) is 5.59. The van der Waals surface area contributed by atoms with Gasteiger partial charge in [-0.3, -0.25) is 9.59 Å². The molecule has 23 heavy (non-hydrogen) atoms. The van der Waals surface area contributed by atoms with Gasteiger partial charge in [-0.15, -0.1) is 0 Å². The summed E-state index contributed by atoms with van der Waals surface area (Å²) in [5, 5.41) is 30.7. The van der Waals surface area contributed by atoms with Crippen LogP contribution in [-0.4, -0.2) is 26.9 Å². The number of phenolic OH excluding ortho intramolecular Hbond substituents is 2. The highest BCUT2D eigenvalue weighted by molar-refractivity contribution is 6.30. The number of aliphatic hydroxyl groups is 1. The van der Waals surface area contributed by atoms with Gasteiger partial charge in [-0.05, 0) is 12.5 Å². The molecule has 0 aliphatic heterocycles. The first-order chi connectivity index (χ1) is 11.0. The van der Waals surface area contributed by atoms with Crippen molar-refractivity contribution in [2.45, 2.75) is 25.9 Å². The van der Waals surface area contributed by atoms with E-state index in [4.69, 9.17) is 0 Å². The van der Waals surface area contributed by atoms with E-state index in [0.29, 0.717) is 12.8 Å². The molecule has 2 aromatic rings. The average Bonchev–Trinajstić information content (AvgIpc) is 2.54. The summed E-state index contributed by atoms with van der Waals surface area (Å²) < 4.78 is 0. The standard InChI is InChI=1S/C18H16O5/c1-2-5-12(19)11-8-13(20)14-15(18(11)23)17(22)10-7-4-3-6-9(10)16(14)21/h3-4,6-8,12,19-20,23H,2,5H2,1H3. The van der Waals surface area contributed by atoms with Gasteiger partial charge in [0.25, 0.3) is 0 Å². The summed E-state index contributed by atoms with van der Waals surface area (Å²) in [5.41, 5.74) is -0.00970. The van der Waals surface area contributed by atoms with Crippen LogP contribution in [0.1, 0.15) is 63.3 Å². The van der Waals surface area contributed by atoms with E-state index in [1.54, 1.807) is 12.1 Å². The molecule has 0 fully saturated rings. The highest BCUT2D eigenvalue weighted by Crippen LogP contribution is 2.42. The number of phenols is 2. The van der Waals surface area contributed by atoms with Crippen molar-refractivity contribution in [3.63, 3.8) is 0 Å². The molecule has 0 amide bonds. The normalized spacial score (nSPS) is 14.3. The molecule has 0 bridgehead atoms. The summed E-state index contributed by atoms with van der Waals surface area (Å²) in [6, 6.07) is 7.43. The Bertz CT molecular complexity index is 822. The van der Waals surface area contributed by atoms with Crippen molar-refractivity contribution in [1.82, 2.24) is 0 Å². The highest BCUT2D eigenvalue weighted by atomic mass is 16.3. The topological polar surface area (TPSA) is 94.8 Å². The average molecular weight is 312 g/mol. The van der Waals surface area contributed by atoms with Crippen molar-refractivity contribution in [1.29, 1.82) is 0 Å². The molecular weight excluding hydrogens is 296 g/mol. The Labute approximate surface area is 132 Å². The van der Waals surface area contributed by atoms with Gasteiger partial charge >= 0.3 is 0 Å². The SMILES string of the molecule is CCCC(O)c1cc(O)c2c(c1O)C(=O)c1ccccc1C2=O. The molecule has 0 aromatic heterocycles. The predicted octanol–water partition coefficient (Wildman–Crippen LogP) is 2.71. The van der Waals surface area contributed by atoms with Gasteiger partial charge in [0.15, 0.2) is 11.6 Å². The van der Waals surface area contributed by atoms with Gasteiger partial charge in [0.1, 0.15) is 11.5 Å². The predicted molar refractivity (Wildman–Crippen MR) is 82.9 cm³/mol. The summed E-state index contributed by atoms with van der Waals surface area (Å²) >= 11 is 0. The van der Waals surface area contributed by atoms with E-state index in [-0.39, 0.29) is 27.8 Å². The quantitative estimate of drug-likeness (QED) is 0.646. The van der Waals surface area contributed by atoms with Gasteiger partial charge in [-0.2, -0.15) is 0 Å². The molecule has 3 rings (SSSR count). The largest absolute Gasteiger partial charge is 0.507 e. The van der Waals surface area contributed by atoms with Crippen molar-refractivity contribution >= 4 is 11.6 Å². The van der Waals surface area contributed by atoms with Gasteiger partial charge in [0, 0.05) is 16.7 Å². The number of aromatic hydroxyl groups is 2. The lowest BCUT2D eigenvalue weighted by atomic mass is 9.81. The molecule has 3 N–H and O–H groups in total. The monoisotopic (exact) mass is 312 g/mol. The molecule has 0 radical (unpaired) electrons. The van der Waals surface area contributed by atoms with E-state index in [2.05, 4.69) is 0 Å². The number of hydrogen-bond donors (Lipinski definition) is 3. The number of benzene rings is 2. The Morgan fingerprint density at radius 2 is 1.57 bits per heavy atom. The lowest BCUT2D eigenvalue weighted by Crippen LogP contribution is -2.22. The highest BCUT2D eigenvalue weighted by Gasteiger charge is 2.36. The summed E-state index contributed by atoms with van der Waals surface area (Å²) in [7, 11) is 0. The van der Waals surface area contributed by atoms with Crippen LogP contribution in [0.4, 0.5) is 0 Å². The first-order valence-corrected chi connectivity index (χ1v) is 7.42. The second-order valence-corrected chi connectivity index (χ2v) is 5.59. The maximum absolute atomic E-state index is 12.7. The Morgan fingerprint density at radius 1 is 1.00 bits per heavy atom. The summed E-state index contributed by atoms with van der Waals surface area (Å²) in [5.74, 6) is -1.89. The van der Waals surface area contributed by atoms with Crippen molar-refractivity contribution in [3.05, 3.63) is 58.1 Å². The van der Waals surface area contributed by atoms with Crippen LogP contribution in [0.5, 0.6) is 11.5 Å². The molecule has 1 atom stereocenters. The van der Waals surface area contributed by atoms with Crippen molar-refractivity contribution in [2.24, 2.45) is 0 Å². The van der Waals surface area contributed by atoms with E-state index >= 15 is 0 Å². The van der Waals surface area contributed by atoms with Gasteiger partial charge in [0.05, 0.1) is 17.2 Å². The zero-order valence-corrected chi connectivity index (χ0v) is 12.5. The van der Waals surface area contributed by atoms with Gasteiger partial charge < -0.3 is 15.3 Å². The maximum atomic E-state index is 12.7. The van der Waals surface area contributed by atoms with Gasteiger partial charge in [0.2, 0.25) is 0 Å². The number of fused-ring (bicyclic) bond motifs is 2.